The number of carbonyl (C=O) groups excluding carboxylic acids is 1. The molecule has 1 aromatic rings. The summed E-state index contributed by atoms with van der Waals surface area (Å²) in [5.41, 5.74) is 5.76. The molecule has 1 heterocycles. The normalized spacial score (nSPS) is 18.9. The third-order valence-corrected chi connectivity index (χ3v) is 4.92. The predicted molar refractivity (Wildman–Crippen MR) is 71.7 cm³/mol. The standard InChI is InChI=1S/C12H16N2O4S/c13-10-3-1-2-9(11(10)15)12(16)14-8-4-6-19(17,18)7-5-8/h1-3,8,15H,4-7,13H2,(H,14,16). The summed E-state index contributed by atoms with van der Waals surface area (Å²) in [6.07, 6.45) is 0.800. The van der Waals surface area contributed by atoms with E-state index in [4.69, 9.17) is 5.73 Å². The Morgan fingerprint density at radius 2 is 1.95 bits per heavy atom. The highest BCUT2D eigenvalue weighted by atomic mass is 32.2. The number of nitrogens with two attached hydrogens (primary N) is 1. The molecule has 4 N–H and O–H groups in total. The van der Waals surface area contributed by atoms with Crippen LogP contribution in [0.25, 0.3) is 0 Å². The molecule has 104 valence electrons. The van der Waals surface area contributed by atoms with Crippen LogP contribution in [0.5, 0.6) is 5.75 Å². The number of hydrogen-bond donors (Lipinski definition) is 3. The van der Waals surface area contributed by atoms with Crippen molar-refractivity contribution < 1.29 is 18.3 Å². The zero-order valence-electron chi connectivity index (χ0n) is 10.3. The molecule has 0 aromatic heterocycles. The first-order valence-corrected chi connectivity index (χ1v) is 7.80. The van der Waals surface area contributed by atoms with Crippen molar-refractivity contribution in [1.29, 1.82) is 0 Å². The maximum Gasteiger partial charge on any atom is 0.255 e. The van der Waals surface area contributed by atoms with Crippen molar-refractivity contribution in [2.75, 3.05) is 17.2 Å². The van der Waals surface area contributed by atoms with Gasteiger partial charge in [0.25, 0.3) is 5.91 Å². The van der Waals surface area contributed by atoms with E-state index in [1.54, 1.807) is 6.07 Å². The largest absolute Gasteiger partial charge is 0.505 e. The molecular weight excluding hydrogens is 268 g/mol. The highest BCUT2D eigenvalue weighted by Crippen LogP contribution is 2.24. The molecule has 7 heteroatoms. The Labute approximate surface area is 111 Å². The summed E-state index contributed by atoms with van der Waals surface area (Å²) in [4.78, 5) is 12.0. The van der Waals surface area contributed by atoms with Crippen molar-refractivity contribution in [3.63, 3.8) is 0 Å². The molecule has 2 rings (SSSR count). The van der Waals surface area contributed by atoms with Gasteiger partial charge in [-0.05, 0) is 25.0 Å². The zero-order chi connectivity index (χ0) is 14.0. The quantitative estimate of drug-likeness (QED) is 0.534. The Bertz CT molecular complexity index is 584. The third kappa shape index (κ3) is 3.17. The number of amides is 1. The highest BCUT2D eigenvalue weighted by Gasteiger charge is 2.25. The van der Waals surface area contributed by atoms with Gasteiger partial charge in [0.05, 0.1) is 22.8 Å². The van der Waals surface area contributed by atoms with Crippen LogP contribution in [0.1, 0.15) is 23.2 Å². The topological polar surface area (TPSA) is 109 Å². The van der Waals surface area contributed by atoms with Gasteiger partial charge in [0, 0.05) is 6.04 Å². The Kier molecular flexibility index (Phi) is 3.66. The van der Waals surface area contributed by atoms with Gasteiger partial charge >= 0.3 is 0 Å². The molecule has 1 aliphatic rings. The minimum absolute atomic E-state index is 0.0842. The van der Waals surface area contributed by atoms with E-state index in [0.717, 1.165) is 0 Å². The number of anilines is 1. The Morgan fingerprint density at radius 3 is 2.58 bits per heavy atom. The number of aromatic hydroxyl groups is 1. The first kappa shape index (κ1) is 13.7. The average Bonchev–Trinajstić information content (AvgIpc) is 2.35. The van der Waals surface area contributed by atoms with Crippen LogP contribution in [0.4, 0.5) is 5.69 Å². The number of phenols is 1. The van der Waals surface area contributed by atoms with E-state index in [1.165, 1.54) is 12.1 Å². The summed E-state index contributed by atoms with van der Waals surface area (Å²) >= 11 is 0. The second kappa shape index (κ2) is 5.08. The molecule has 0 spiro atoms. The predicted octanol–water partition coefficient (Wildman–Crippen LogP) is 0.281. The van der Waals surface area contributed by atoms with Crippen LogP contribution in [0, 0.1) is 0 Å². The lowest BCUT2D eigenvalue weighted by atomic mass is 10.1. The van der Waals surface area contributed by atoms with Crippen LogP contribution in [-0.4, -0.2) is 37.0 Å². The van der Waals surface area contributed by atoms with Gasteiger partial charge in [-0.1, -0.05) is 6.07 Å². The number of nitrogens with one attached hydrogen (secondary N) is 1. The first-order chi connectivity index (χ1) is 8.89. The van der Waals surface area contributed by atoms with Crippen molar-refractivity contribution in [2.24, 2.45) is 0 Å². The SMILES string of the molecule is Nc1cccc(C(=O)NC2CCS(=O)(=O)CC2)c1O. The number of para-hydroxylation sites is 1. The van der Waals surface area contributed by atoms with Crippen LogP contribution in [0.2, 0.25) is 0 Å². The van der Waals surface area contributed by atoms with Gasteiger partial charge in [0.1, 0.15) is 9.84 Å². The van der Waals surface area contributed by atoms with Crippen molar-refractivity contribution >= 4 is 21.4 Å². The van der Waals surface area contributed by atoms with Gasteiger partial charge in [0.15, 0.2) is 5.75 Å². The van der Waals surface area contributed by atoms with E-state index in [0.29, 0.717) is 12.8 Å². The number of rotatable bonds is 2. The first-order valence-electron chi connectivity index (χ1n) is 5.98. The molecule has 1 saturated heterocycles. The lowest BCUT2D eigenvalue weighted by Gasteiger charge is -2.23. The fourth-order valence-electron chi connectivity index (χ4n) is 2.04. The molecule has 1 aliphatic heterocycles. The molecular formula is C12H16N2O4S. The van der Waals surface area contributed by atoms with E-state index in [9.17, 15) is 18.3 Å². The number of hydrogen-bond acceptors (Lipinski definition) is 5. The monoisotopic (exact) mass is 284 g/mol. The summed E-state index contributed by atoms with van der Waals surface area (Å²) in [7, 11) is -2.95. The Morgan fingerprint density at radius 1 is 1.32 bits per heavy atom. The zero-order valence-corrected chi connectivity index (χ0v) is 11.1. The van der Waals surface area contributed by atoms with Gasteiger partial charge in [-0.2, -0.15) is 0 Å². The van der Waals surface area contributed by atoms with Crippen LogP contribution < -0.4 is 11.1 Å². The minimum Gasteiger partial charge on any atom is -0.505 e. The Hall–Kier alpha value is -1.76. The number of benzene rings is 1. The molecule has 1 aromatic carbocycles. The van der Waals surface area contributed by atoms with Gasteiger partial charge in [-0.3, -0.25) is 4.79 Å². The summed E-state index contributed by atoms with van der Waals surface area (Å²) < 4.78 is 22.6. The molecule has 0 bridgehead atoms. The van der Waals surface area contributed by atoms with Crippen molar-refractivity contribution in [2.45, 2.75) is 18.9 Å². The molecule has 6 nitrogen and oxygen atoms in total. The number of sulfone groups is 1. The van der Waals surface area contributed by atoms with Crippen LogP contribution in [-0.2, 0) is 9.84 Å². The molecule has 0 unspecified atom stereocenters. The minimum atomic E-state index is -2.95. The van der Waals surface area contributed by atoms with Crippen LogP contribution in [0.15, 0.2) is 18.2 Å². The Balaban J connectivity index is 2.04. The van der Waals surface area contributed by atoms with Crippen LogP contribution in [0.3, 0.4) is 0 Å². The van der Waals surface area contributed by atoms with Gasteiger partial charge in [-0.15, -0.1) is 0 Å². The van der Waals surface area contributed by atoms with Gasteiger partial charge in [-0.25, -0.2) is 8.42 Å². The van der Waals surface area contributed by atoms with Crippen molar-refractivity contribution in [3.05, 3.63) is 23.8 Å². The molecule has 0 atom stereocenters. The van der Waals surface area contributed by atoms with Crippen LogP contribution >= 0.6 is 0 Å². The second-order valence-corrected chi connectivity index (χ2v) is 6.95. The number of nitrogen functional groups attached to an aromatic ring is 1. The van der Waals surface area contributed by atoms with Gasteiger partial charge in [0.2, 0.25) is 0 Å². The van der Waals surface area contributed by atoms with Crippen molar-refractivity contribution in [3.8, 4) is 5.75 Å². The van der Waals surface area contributed by atoms with E-state index < -0.39 is 15.7 Å². The van der Waals surface area contributed by atoms with Crippen molar-refractivity contribution in [1.82, 2.24) is 5.32 Å². The van der Waals surface area contributed by atoms with E-state index in [2.05, 4.69) is 5.32 Å². The third-order valence-electron chi connectivity index (χ3n) is 3.20. The molecule has 19 heavy (non-hydrogen) atoms. The summed E-state index contributed by atoms with van der Waals surface area (Å²) in [5.74, 6) is -0.514. The summed E-state index contributed by atoms with van der Waals surface area (Å²) in [5, 5.41) is 12.4. The maximum absolute atomic E-state index is 12.0. The smallest absolute Gasteiger partial charge is 0.255 e. The number of carbonyl (C=O) groups is 1. The molecule has 1 amide bonds. The van der Waals surface area contributed by atoms with E-state index >= 15 is 0 Å². The van der Waals surface area contributed by atoms with Gasteiger partial charge < -0.3 is 16.2 Å². The lowest BCUT2D eigenvalue weighted by molar-refractivity contribution is 0.0931. The highest BCUT2D eigenvalue weighted by molar-refractivity contribution is 7.91. The second-order valence-electron chi connectivity index (χ2n) is 4.64. The molecule has 0 radical (unpaired) electrons. The summed E-state index contributed by atoms with van der Waals surface area (Å²) in [6.45, 7) is 0. The molecule has 0 saturated carbocycles. The maximum atomic E-state index is 12.0. The average molecular weight is 284 g/mol. The van der Waals surface area contributed by atoms with E-state index in [-0.39, 0.29) is 34.5 Å². The molecule has 1 fully saturated rings. The fourth-order valence-corrected chi connectivity index (χ4v) is 3.53. The summed E-state index contributed by atoms with van der Waals surface area (Å²) in [6, 6.07) is 4.37. The van der Waals surface area contributed by atoms with E-state index in [1.807, 2.05) is 0 Å². The lowest BCUT2D eigenvalue weighted by Crippen LogP contribution is -2.40. The molecule has 0 aliphatic carbocycles. The number of phenolic OH excluding ortho intramolecular Hbond substituents is 1. The fraction of sp³-hybridized carbons (Fsp3) is 0.417.